The van der Waals surface area contributed by atoms with E-state index in [1.54, 1.807) is 0 Å². The first-order valence-electron chi connectivity index (χ1n) is 2.98. The summed E-state index contributed by atoms with van der Waals surface area (Å²) in [6, 6.07) is 0. The smallest absolute Gasteiger partial charge is 0.0779 e. The Balaban J connectivity index is 2.44. The first-order valence-corrected chi connectivity index (χ1v) is 3.39. The first kappa shape index (κ1) is 6.55. The molecule has 0 saturated carbocycles. The van der Waals surface area contributed by atoms with E-state index in [-0.39, 0.29) is 0 Å². The summed E-state index contributed by atoms with van der Waals surface area (Å²) in [5.74, 6) is 0.366. The Kier molecular flexibility index (Phi) is 2.05. The lowest BCUT2D eigenvalue weighted by molar-refractivity contribution is 0.628. The van der Waals surface area contributed by atoms with Crippen molar-refractivity contribution in [2.75, 3.05) is 6.54 Å². The number of allylic oxidation sites excluding steroid dienone is 1. The standard InChI is InChI=1S/C6H10N2S/c7-6(9)5-2-1-3-8-4-5/h1,3,5,8H,2,4H2,(H2,7,9). The van der Waals surface area contributed by atoms with Crippen LogP contribution in [0.2, 0.25) is 0 Å². The molecular formula is C6H10N2S. The zero-order valence-corrected chi connectivity index (χ0v) is 5.95. The number of hydrogen-bond donors (Lipinski definition) is 2. The predicted molar refractivity (Wildman–Crippen MR) is 42.0 cm³/mol. The van der Waals surface area contributed by atoms with Crippen molar-refractivity contribution in [2.24, 2.45) is 11.7 Å². The normalized spacial score (nSPS) is 25.1. The Hall–Kier alpha value is -0.570. The lowest BCUT2D eigenvalue weighted by Gasteiger charge is -2.16. The Morgan fingerprint density at radius 3 is 2.89 bits per heavy atom. The van der Waals surface area contributed by atoms with Crippen LogP contribution in [0.15, 0.2) is 12.3 Å². The second kappa shape index (κ2) is 2.82. The molecular weight excluding hydrogens is 132 g/mol. The predicted octanol–water partition coefficient (Wildman–Crippen LogP) is 0.396. The van der Waals surface area contributed by atoms with Crippen molar-refractivity contribution in [1.82, 2.24) is 5.32 Å². The number of nitrogens with one attached hydrogen (secondary N) is 1. The molecule has 9 heavy (non-hydrogen) atoms. The van der Waals surface area contributed by atoms with Gasteiger partial charge in [0.25, 0.3) is 0 Å². The Labute approximate surface area is 60.1 Å². The largest absolute Gasteiger partial charge is 0.393 e. The topological polar surface area (TPSA) is 38.0 Å². The molecule has 0 radical (unpaired) electrons. The fourth-order valence-electron chi connectivity index (χ4n) is 0.826. The highest BCUT2D eigenvalue weighted by Gasteiger charge is 2.10. The van der Waals surface area contributed by atoms with Crippen LogP contribution < -0.4 is 11.1 Å². The van der Waals surface area contributed by atoms with Crippen molar-refractivity contribution in [1.29, 1.82) is 0 Å². The van der Waals surface area contributed by atoms with Crippen LogP contribution in [0, 0.1) is 5.92 Å². The van der Waals surface area contributed by atoms with Gasteiger partial charge in [-0.05, 0) is 12.6 Å². The molecule has 3 heteroatoms. The monoisotopic (exact) mass is 142 g/mol. The van der Waals surface area contributed by atoms with E-state index < -0.39 is 0 Å². The summed E-state index contributed by atoms with van der Waals surface area (Å²) in [7, 11) is 0. The molecule has 1 aliphatic rings. The maximum atomic E-state index is 5.42. The van der Waals surface area contributed by atoms with Crippen molar-refractivity contribution in [3.8, 4) is 0 Å². The molecule has 0 saturated heterocycles. The molecule has 2 nitrogen and oxygen atoms in total. The van der Waals surface area contributed by atoms with E-state index in [1.807, 2.05) is 12.3 Å². The van der Waals surface area contributed by atoms with Gasteiger partial charge >= 0.3 is 0 Å². The van der Waals surface area contributed by atoms with Gasteiger partial charge in [0, 0.05) is 12.5 Å². The van der Waals surface area contributed by atoms with Crippen molar-refractivity contribution < 1.29 is 0 Å². The molecule has 0 bridgehead atoms. The third kappa shape index (κ3) is 1.68. The molecule has 1 atom stereocenters. The van der Waals surface area contributed by atoms with E-state index in [0.717, 1.165) is 13.0 Å². The zero-order chi connectivity index (χ0) is 6.69. The zero-order valence-electron chi connectivity index (χ0n) is 5.13. The minimum absolute atomic E-state index is 0.366. The van der Waals surface area contributed by atoms with Crippen LogP contribution in [0.4, 0.5) is 0 Å². The molecule has 1 heterocycles. The van der Waals surface area contributed by atoms with Crippen molar-refractivity contribution in [3.05, 3.63) is 12.3 Å². The molecule has 0 aromatic heterocycles. The van der Waals surface area contributed by atoms with Crippen LogP contribution in [-0.4, -0.2) is 11.5 Å². The van der Waals surface area contributed by atoms with Gasteiger partial charge in [-0.1, -0.05) is 18.3 Å². The third-order valence-corrected chi connectivity index (χ3v) is 1.76. The third-order valence-electron chi connectivity index (χ3n) is 1.42. The van der Waals surface area contributed by atoms with Gasteiger partial charge in [0.05, 0.1) is 4.99 Å². The van der Waals surface area contributed by atoms with E-state index >= 15 is 0 Å². The van der Waals surface area contributed by atoms with Crippen molar-refractivity contribution >= 4 is 17.2 Å². The average Bonchev–Trinajstić information content (AvgIpc) is 1.90. The average molecular weight is 142 g/mol. The summed E-state index contributed by atoms with van der Waals surface area (Å²) in [6.45, 7) is 0.895. The second-order valence-electron chi connectivity index (χ2n) is 2.15. The highest BCUT2D eigenvalue weighted by Crippen LogP contribution is 2.06. The van der Waals surface area contributed by atoms with Crippen LogP contribution >= 0.6 is 12.2 Å². The number of thiocarbonyl (C=S) groups is 1. The van der Waals surface area contributed by atoms with Gasteiger partial charge in [-0.25, -0.2) is 0 Å². The summed E-state index contributed by atoms with van der Waals surface area (Å²) >= 11 is 4.82. The lowest BCUT2D eigenvalue weighted by atomic mass is 10.0. The molecule has 1 aliphatic heterocycles. The van der Waals surface area contributed by atoms with Crippen LogP contribution in [0.3, 0.4) is 0 Å². The lowest BCUT2D eigenvalue weighted by Crippen LogP contribution is -2.31. The van der Waals surface area contributed by atoms with E-state index in [2.05, 4.69) is 5.32 Å². The fraction of sp³-hybridized carbons (Fsp3) is 0.500. The summed E-state index contributed by atoms with van der Waals surface area (Å²) < 4.78 is 0. The fourth-order valence-corrected chi connectivity index (χ4v) is 1.01. The number of rotatable bonds is 1. The molecule has 50 valence electrons. The summed E-state index contributed by atoms with van der Waals surface area (Å²) in [5, 5.41) is 3.07. The molecule has 0 fully saturated rings. The van der Waals surface area contributed by atoms with Gasteiger partial charge in [-0.15, -0.1) is 0 Å². The Bertz CT molecular complexity index is 142. The molecule has 1 rings (SSSR count). The van der Waals surface area contributed by atoms with E-state index in [1.165, 1.54) is 0 Å². The minimum atomic E-state index is 0.366. The van der Waals surface area contributed by atoms with Crippen molar-refractivity contribution in [2.45, 2.75) is 6.42 Å². The molecule has 1 unspecified atom stereocenters. The van der Waals surface area contributed by atoms with E-state index in [9.17, 15) is 0 Å². The quantitative estimate of drug-likeness (QED) is 0.520. The number of nitrogens with two attached hydrogens (primary N) is 1. The highest BCUT2D eigenvalue weighted by molar-refractivity contribution is 7.80. The summed E-state index contributed by atoms with van der Waals surface area (Å²) in [4.78, 5) is 0.617. The van der Waals surface area contributed by atoms with E-state index in [0.29, 0.717) is 10.9 Å². The van der Waals surface area contributed by atoms with Crippen LogP contribution in [0.25, 0.3) is 0 Å². The summed E-state index contributed by atoms with van der Waals surface area (Å²) in [6.07, 6.45) is 4.98. The van der Waals surface area contributed by atoms with Gasteiger partial charge in [-0.3, -0.25) is 0 Å². The van der Waals surface area contributed by atoms with Crippen LogP contribution in [-0.2, 0) is 0 Å². The van der Waals surface area contributed by atoms with Gasteiger partial charge < -0.3 is 11.1 Å². The molecule has 3 N–H and O–H groups in total. The SMILES string of the molecule is NC(=S)C1CC=CNC1. The van der Waals surface area contributed by atoms with Crippen molar-refractivity contribution in [3.63, 3.8) is 0 Å². The highest BCUT2D eigenvalue weighted by atomic mass is 32.1. The maximum Gasteiger partial charge on any atom is 0.0779 e. The molecule has 0 aliphatic carbocycles. The minimum Gasteiger partial charge on any atom is -0.393 e. The van der Waals surface area contributed by atoms with Gasteiger partial charge in [0.15, 0.2) is 0 Å². The Morgan fingerprint density at radius 1 is 1.78 bits per heavy atom. The molecule has 0 aromatic carbocycles. The second-order valence-corrected chi connectivity index (χ2v) is 2.62. The van der Waals surface area contributed by atoms with Gasteiger partial charge in [-0.2, -0.15) is 0 Å². The maximum absolute atomic E-state index is 5.42. The van der Waals surface area contributed by atoms with Crippen LogP contribution in [0.5, 0.6) is 0 Å². The van der Waals surface area contributed by atoms with E-state index in [4.69, 9.17) is 18.0 Å². The molecule has 0 spiro atoms. The number of hydrogen-bond acceptors (Lipinski definition) is 2. The summed E-state index contributed by atoms with van der Waals surface area (Å²) in [5.41, 5.74) is 5.42. The van der Waals surface area contributed by atoms with Crippen LogP contribution in [0.1, 0.15) is 6.42 Å². The Morgan fingerprint density at radius 2 is 2.56 bits per heavy atom. The van der Waals surface area contributed by atoms with Gasteiger partial charge in [0.1, 0.15) is 0 Å². The molecule has 0 aromatic rings. The molecule has 0 amide bonds. The van der Waals surface area contributed by atoms with Gasteiger partial charge in [0.2, 0.25) is 0 Å². The first-order chi connectivity index (χ1) is 4.30.